The molecule has 2 aromatic rings. The first-order chi connectivity index (χ1) is 14.2. The molecule has 0 saturated carbocycles. The van der Waals surface area contributed by atoms with E-state index < -0.39 is 5.82 Å². The summed E-state index contributed by atoms with van der Waals surface area (Å²) in [7, 11) is 1.60. The molecule has 0 saturated heterocycles. The van der Waals surface area contributed by atoms with Crippen LogP contribution in [0.3, 0.4) is 0 Å². The van der Waals surface area contributed by atoms with Crippen molar-refractivity contribution in [2.75, 3.05) is 12.0 Å². The molecule has 0 aromatic heterocycles. The number of ether oxygens (including phenoxy) is 1. The van der Waals surface area contributed by atoms with Gasteiger partial charge < -0.3 is 4.74 Å². The van der Waals surface area contributed by atoms with Crippen LogP contribution in [0, 0.1) is 11.2 Å². The molecule has 4 rings (SSSR count). The molecule has 2 aromatic carbocycles. The Morgan fingerprint density at radius 1 is 1.10 bits per heavy atom. The number of anilines is 1. The van der Waals surface area contributed by atoms with Crippen molar-refractivity contribution in [1.82, 2.24) is 0 Å². The van der Waals surface area contributed by atoms with Gasteiger partial charge in [-0.2, -0.15) is 0 Å². The van der Waals surface area contributed by atoms with Crippen LogP contribution < -0.4 is 9.64 Å². The Labute approximate surface area is 180 Å². The lowest BCUT2D eigenvalue weighted by Crippen LogP contribution is -2.43. The smallest absolute Gasteiger partial charge is 0.232 e. The lowest BCUT2D eigenvalue weighted by molar-refractivity contribution is -0.121. The quantitative estimate of drug-likeness (QED) is 0.635. The lowest BCUT2D eigenvalue weighted by Gasteiger charge is -2.43. The fraction of sp³-hybridized carbons (Fsp3) is 0.333. The normalized spacial score (nSPS) is 21.0. The van der Waals surface area contributed by atoms with Crippen LogP contribution >= 0.6 is 11.6 Å². The molecule has 156 valence electrons. The minimum atomic E-state index is -0.546. The second kappa shape index (κ2) is 7.55. The number of allylic oxidation sites excluding steroid dienone is 2. The largest absolute Gasteiger partial charge is 0.497 e. The zero-order chi connectivity index (χ0) is 21.6. The molecule has 0 bridgehead atoms. The van der Waals surface area contributed by atoms with Crippen LogP contribution in [0.5, 0.6) is 5.75 Å². The number of ketones is 1. The third-order valence-corrected chi connectivity index (χ3v) is 6.11. The fourth-order valence-corrected chi connectivity index (χ4v) is 4.63. The number of methoxy groups -OCH3 is 1. The Hall–Kier alpha value is -2.66. The van der Waals surface area contributed by atoms with Crippen molar-refractivity contribution in [1.29, 1.82) is 0 Å². The zero-order valence-corrected chi connectivity index (χ0v) is 17.9. The molecule has 1 amide bonds. The maximum absolute atomic E-state index is 13.7. The molecule has 30 heavy (non-hydrogen) atoms. The third kappa shape index (κ3) is 3.63. The van der Waals surface area contributed by atoms with Gasteiger partial charge >= 0.3 is 0 Å². The molecular weight excluding hydrogens is 405 g/mol. The van der Waals surface area contributed by atoms with Gasteiger partial charge in [0.15, 0.2) is 5.78 Å². The van der Waals surface area contributed by atoms with E-state index in [0.717, 1.165) is 5.56 Å². The first-order valence-electron chi connectivity index (χ1n) is 9.88. The summed E-state index contributed by atoms with van der Waals surface area (Å²) in [5.41, 5.74) is 2.47. The van der Waals surface area contributed by atoms with Crippen LogP contribution in [0.1, 0.15) is 44.6 Å². The number of halogens is 2. The van der Waals surface area contributed by atoms with Gasteiger partial charge in [0.2, 0.25) is 5.91 Å². The number of nitrogens with zero attached hydrogens (tertiary/aromatic N) is 1. The molecule has 6 heteroatoms. The van der Waals surface area contributed by atoms with E-state index in [-0.39, 0.29) is 34.5 Å². The summed E-state index contributed by atoms with van der Waals surface area (Å²) in [4.78, 5) is 28.1. The highest BCUT2D eigenvalue weighted by Crippen LogP contribution is 2.48. The summed E-state index contributed by atoms with van der Waals surface area (Å²) in [5, 5.41) is -0.0545. The van der Waals surface area contributed by atoms with E-state index in [1.807, 2.05) is 38.1 Å². The Bertz CT molecular complexity index is 1060. The van der Waals surface area contributed by atoms with Crippen molar-refractivity contribution in [2.45, 2.75) is 39.0 Å². The number of amides is 1. The number of hydrogen-bond acceptors (Lipinski definition) is 3. The van der Waals surface area contributed by atoms with Gasteiger partial charge in [0.05, 0.1) is 17.8 Å². The standard InChI is InChI=1S/C24H23ClFNO3/c1-24(2)12-20-23(21(28)13-24)17(14-4-7-16(30-3)8-5-14)11-22(29)27(20)15-6-9-19(26)18(25)10-15/h4-10,17H,11-13H2,1-3H3. The molecule has 0 N–H and O–H groups in total. The molecule has 0 radical (unpaired) electrons. The van der Waals surface area contributed by atoms with E-state index in [1.165, 1.54) is 18.2 Å². The first kappa shape index (κ1) is 20.6. The zero-order valence-electron chi connectivity index (χ0n) is 17.2. The van der Waals surface area contributed by atoms with Crippen molar-refractivity contribution in [2.24, 2.45) is 5.41 Å². The van der Waals surface area contributed by atoms with E-state index in [4.69, 9.17) is 16.3 Å². The first-order valence-corrected chi connectivity index (χ1v) is 10.3. The minimum Gasteiger partial charge on any atom is -0.497 e. The van der Waals surface area contributed by atoms with E-state index in [1.54, 1.807) is 12.0 Å². The van der Waals surface area contributed by atoms with E-state index in [2.05, 4.69) is 0 Å². The summed E-state index contributed by atoms with van der Waals surface area (Å²) < 4.78 is 18.9. The molecule has 1 aliphatic heterocycles. The van der Waals surface area contributed by atoms with Crippen LogP contribution in [-0.2, 0) is 9.59 Å². The molecule has 1 atom stereocenters. The van der Waals surface area contributed by atoms with Gasteiger partial charge in [-0.3, -0.25) is 14.5 Å². The highest BCUT2D eigenvalue weighted by atomic mass is 35.5. The number of Topliss-reactive ketones (excluding diaryl/α,β-unsaturated/α-hetero) is 1. The monoisotopic (exact) mass is 427 g/mol. The SMILES string of the molecule is COc1ccc(C2CC(=O)N(c3ccc(F)c(Cl)c3)C3=C2C(=O)CC(C)(C)C3)cc1. The highest BCUT2D eigenvalue weighted by Gasteiger charge is 2.44. The van der Waals surface area contributed by atoms with E-state index in [9.17, 15) is 14.0 Å². The highest BCUT2D eigenvalue weighted by molar-refractivity contribution is 6.31. The van der Waals surface area contributed by atoms with Crippen LogP contribution in [0.4, 0.5) is 10.1 Å². The topological polar surface area (TPSA) is 46.6 Å². The molecule has 0 fully saturated rings. The number of rotatable bonds is 3. The number of carbonyl (C=O) groups is 2. The maximum Gasteiger partial charge on any atom is 0.232 e. The predicted octanol–water partition coefficient (Wildman–Crippen LogP) is 5.65. The maximum atomic E-state index is 13.7. The predicted molar refractivity (Wildman–Crippen MR) is 114 cm³/mol. The van der Waals surface area contributed by atoms with Crippen molar-refractivity contribution in [3.05, 3.63) is 70.1 Å². The van der Waals surface area contributed by atoms with Crippen LogP contribution in [0.15, 0.2) is 53.7 Å². The third-order valence-electron chi connectivity index (χ3n) is 5.82. The van der Waals surface area contributed by atoms with E-state index in [0.29, 0.717) is 35.5 Å². The number of hydrogen-bond donors (Lipinski definition) is 0. The van der Waals surface area contributed by atoms with Crippen molar-refractivity contribution in [3.63, 3.8) is 0 Å². The minimum absolute atomic E-state index is 0.0489. The fourth-order valence-electron chi connectivity index (χ4n) is 4.46. The lowest BCUT2D eigenvalue weighted by atomic mass is 9.69. The molecular formula is C24H23ClFNO3. The van der Waals surface area contributed by atoms with Crippen molar-refractivity contribution >= 4 is 29.0 Å². The summed E-state index contributed by atoms with van der Waals surface area (Å²) in [5.74, 6) is -0.228. The molecule has 1 unspecified atom stereocenters. The van der Waals surface area contributed by atoms with Gasteiger partial charge in [-0.15, -0.1) is 0 Å². The van der Waals surface area contributed by atoms with Crippen LogP contribution in [0.2, 0.25) is 5.02 Å². The molecule has 0 spiro atoms. The summed E-state index contributed by atoms with van der Waals surface area (Å²) in [6.07, 6.45) is 1.15. The van der Waals surface area contributed by atoms with Gasteiger partial charge in [0, 0.05) is 30.0 Å². The second-order valence-electron chi connectivity index (χ2n) is 8.66. The van der Waals surface area contributed by atoms with Gasteiger partial charge in [-0.25, -0.2) is 4.39 Å². The Balaban J connectivity index is 1.87. The van der Waals surface area contributed by atoms with Gasteiger partial charge in [0.1, 0.15) is 11.6 Å². The van der Waals surface area contributed by atoms with Gasteiger partial charge in [-0.05, 0) is 47.7 Å². The number of benzene rings is 2. The van der Waals surface area contributed by atoms with Crippen molar-refractivity contribution in [3.8, 4) is 5.75 Å². The molecule has 4 nitrogen and oxygen atoms in total. The van der Waals surface area contributed by atoms with Crippen molar-refractivity contribution < 1.29 is 18.7 Å². The average Bonchev–Trinajstić information content (AvgIpc) is 2.68. The Morgan fingerprint density at radius 2 is 1.80 bits per heavy atom. The molecule has 1 heterocycles. The van der Waals surface area contributed by atoms with Gasteiger partial charge in [-0.1, -0.05) is 37.6 Å². The summed E-state index contributed by atoms with van der Waals surface area (Å²) >= 11 is 5.99. The second-order valence-corrected chi connectivity index (χ2v) is 9.07. The summed E-state index contributed by atoms with van der Waals surface area (Å²) in [6.45, 7) is 4.04. The van der Waals surface area contributed by atoms with Gasteiger partial charge in [0.25, 0.3) is 0 Å². The average molecular weight is 428 g/mol. The Morgan fingerprint density at radius 3 is 2.43 bits per heavy atom. The summed E-state index contributed by atoms with van der Waals surface area (Å²) in [6, 6.07) is 11.7. The molecule has 1 aliphatic carbocycles. The number of carbonyl (C=O) groups excluding carboxylic acids is 2. The van der Waals surface area contributed by atoms with Crippen LogP contribution in [-0.4, -0.2) is 18.8 Å². The van der Waals surface area contributed by atoms with E-state index >= 15 is 0 Å². The van der Waals surface area contributed by atoms with Crippen LogP contribution in [0.25, 0.3) is 0 Å². The molecule has 2 aliphatic rings. The Kier molecular flexibility index (Phi) is 5.18.